The van der Waals surface area contributed by atoms with Crippen molar-refractivity contribution in [2.24, 2.45) is 0 Å². The molecule has 1 aliphatic carbocycles. The highest BCUT2D eigenvalue weighted by Gasteiger charge is 2.30. The Morgan fingerprint density at radius 1 is 0.242 bits per heavy atom. The van der Waals surface area contributed by atoms with Crippen LogP contribution in [0.25, 0.3) is 131 Å². The molecule has 0 nitrogen and oxygen atoms in total. The molecule has 13 rings (SSSR count). The van der Waals surface area contributed by atoms with Gasteiger partial charge in [0.2, 0.25) is 0 Å². The van der Waals surface area contributed by atoms with E-state index in [1.54, 1.807) is 0 Å². The lowest BCUT2D eigenvalue weighted by Gasteiger charge is -2.24. The Bertz CT molecular complexity index is 3730. The molecule has 12 aromatic rings. The molecule has 0 bridgehead atoms. The zero-order chi connectivity index (χ0) is 44.9. The van der Waals surface area contributed by atoms with Crippen LogP contribution in [0.2, 0.25) is 0 Å². The first-order chi connectivity index (χ1) is 32.0. The summed E-state index contributed by atoms with van der Waals surface area (Å²) in [7, 11) is 0. The van der Waals surface area contributed by atoms with Crippen LogP contribution in [0, 0.1) is 0 Å². The van der Waals surface area contributed by atoms with Gasteiger partial charge in [-0.25, -0.2) is 0 Å². The van der Waals surface area contributed by atoms with Crippen molar-refractivity contribution in [1.29, 1.82) is 0 Å². The molecule has 66 heavy (non-hydrogen) atoms. The van der Waals surface area contributed by atoms with E-state index in [1.165, 1.54) is 153 Å². The van der Waals surface area contributed by atoms with E-state index < -0.39 is 0 Å². The number of rotatable bonds is 6. The Balaban J connectivity index is 1.28. The van der Waals surface area contributed by atoms with Crippen molar-refractivity contribution in [2.45, 2.75) is 79.1 Å². The van der Waals surface area contributed by atoms with Gasteiger partial charge in [0, 0.05) is 0 Å². The fraction of sp³-hybridized carbons (Fsp3) is 0.182. The second-order valence-corrected chi connectivity index (χ2v) is 20.7. The molecule has 0 fully saturated rings. The lowest BCUT2D eigenvalue weighted by molar-refractivity contribution is 0.834. The molecule has 0 atom stereocenters. The van der Waals surface area contributed by atoms with E-state index in [9.17, 15) is 0 Å². The molecule has 0 saturated heterocycles. The summed E-state index contributed by atoms with van der Waals surface area (Å²) < 4.78 is 0. The van der Waals surface area contributed by atoms with Crippen LogP contribution < -0.4 is 0 Å². The van der Waals surface area contributed by atoms with Crippen LogP contribution >= 0.6 is 0 Å². The third kappa shape index (κ3) is 5.45. The first-order valence-electron chi connectivity index (χ1n) is 24.4. The highest BCUT2D eigenvalue weighted by molar-refractivity contribution is 6.40. The van der Waals surface area contributed by atoms with Gasteiger partial charge in [0.15, 0.2) is 0 Å². The lowest BCUT2D eigenvalue weighted by atomic mass is 9.78. The van der Waals surface area contributed by atoms with Crippen LogP contribution in [0.4, 0.5) is 0 Å². The van der Waals surface area contributed by atoms with Crippen molar-refractivity contribution >= 4 is 86.2 Å². The standard InChI is InChI=1S/C66H54/c1-35(2)40-27-41(36(3)4)30-44(29-40)61-58-33-56-54-25-23-52-50-21-13-15-39-16-14-22-51(60(39)50)53-24-26-55(64(54)63(52)53)57(56)34-59(58)62(45-31-42(37(5)6)28-43(32-45)38(7)8)66-49-20-12-10-18-47(49)46-17-9-11-19-48(46)65(61)66/h9-38H,1-8H3. The molecule has 0 unspecified atom stereocenters. The molecule has 318 valence electrons. The Hall–Kier alpha value is -7.02. The van der Waals surface area contributed by atoms with Gasteiger partial charge in [-0.05, 0) is 189 Å². The average Bonchev–Trinajstić information content (AvgIpc) is 3.65. The SMILES string of the molecule is CC(C)c1cc(-c2c3cc4c(cc3c(-c3cc(C(C)C)cc(C(C)C)c3)c3c5ccccc5c5ccccc5c23)-c2ccc3c5cccc6cccc(c7ccc-4c2c73)c65)cc(C(C)C)c1. The third-order valence-corrected chi connectivity index (χ3v) is 15.6. The van der Waals surface area contributed by atoms with E-state index in [2.05, 4.69) is 213 Å². The predicted octanol–water partition coefficient (Wildman–Crippen LogP) is 19.8. The second kappa shape index (κ2) is 14.2. The van der Waals surface area contributed by atoms with Gasteiger partial charge in [-0.15, -0.1) is 0 Å². The monoisotopic (exact) mass is 846 g/mol. The summed E-state index contributed by atoms with van der Waals surface area (Å²) in [4.78, 5) is 0. The van der Waals surface area contributed by atoms with Gasteiger partial charge in [0.25, 0.3) is 0 Å². The van der Waals surface area contributed by atoms with Crippen LogP contribution in [-0.2, 0) is 0 Å². The minimum Gasteiger partial charge on any atom is -0.0616 e. The summed E-state index contributed by atoms with van der Waals surface area (Å²) >= 11 is 0. The van der Waals surface area contributed by atoms with Crippen molar-refractivity contribution in [2.75, 3.05) is 0 Å². The van der Waals surface area contributed by atoms with Crippen molar-refractivity contribution in [3.63, 3.8) is 0 Å². The first-order valence-corrected chi connectivity index (χ1v) is 24.4. The molecule has 0 saturated carbocycles. The molecule has 0 heteroatoms. The highest BCUT2D eigenvalue weighted by Crippen LogP contribution is 2.57. The lowest BCUT2D eigenvalue weighted by Crippen LogP contribution is -1.99. The van der Waals surface area contributed by atoms with E-state index in [1.807, 2.05) is 0 Å². The number of hydrogen-bond acceptors (Lipinski definition) is 0. The fourth-order valence-corrected chi connectivity index (χ4v) is 12.1. The zero-order valence-electron chi connectivity index (χ0n) is 39.3. The molecule has 0 aromatic heterocycles. The maximum Gasteiger partial charge on any atom is -0.000763 e. The minimum absolute atomic E-state index is 0.388. The number of benzene rings is 12. The largest absolute Gasteiger partial charge is 0.0616 e. The normalized spacial score (nSPS) is 12.8. The number of hydrogen-bond donors (Lipinski definition) is 0. The van der Waals surface area contributed by atoms with E-state index >= 15 is 0 Å². The molecule has 0 radical (unpaired) electrons. The Morgan fingerprint density at radius 2 is 0.591 bits per heavy atom. The van der Waals surface area contributed by atoms with Gasteiger partial charge in [-0.3, -0.25) is 0 Å². The predicted molar refractivity (Wildman–Crippen MR) is 289 cm³/mol. The molecule has 0 amide bonds. The van der Waals surface area contributed by atoms with E-state index in [4.69, 9.17) is 0 Å². The van der Waals surface area contributed by atoms with Gasteiger partial charge in [-0.1, -0.05) is 201 Å². The van der Waals surface area contributed by atoms with Gasteiger partial charge in [0.05, 0.1) is 0 Å². The molecule has 1 aliphatic rings. The zero-order valence-corrected chi connectivity index (χ0v) is 39.3. The summed E-state index contributed by atoms with van der Waals surface area (Å²) in [6.45, 7) is 18.8. The fourth-order valence-electron chi connectivity index (χ4n) is 12.1. The summed E-state index contributed by atoms with van der Waals surface area (Å²) in [5, 5.41) is 21.4. The second-order valence-electron chi connectivity index (χ2n) is 20.7. The molecule has 0 N–H and O–H groups in total. The van der Waals surface area contributed by atoms with Gasteiger partial charge < -0.3 is 0 Å². The molecular weight excluding hydrogens is 793 g/mol. The summed E-state index contributed by atoms with van der Waals surface area (Å²) in [5.74, 6) is 1.55. The van der Waals surface area contributed by atoms with Gasteiger partial charge >= 0.3 is 0 Å². The van der Waals surface area contributed by atoms with Crippen molar-refractivity contribution in [3.05, 3.63) is 180 Å². The molecule has 0 spiro atoms. The summed E-state index contributed by atoms with van der Waals surface area (Å²) in [6.07, 6.45) is 0. The molecule has 12 aromatic carbocycles. The number of fused-ring (bicyclic) bond motifs is 12. The Kier molecular flexibility index (Phi) is 8.49. The van der Waals surface area contributed by atoms with Crippen LogP contribution in [0.3, 0.4) is 0 Å². The molecule has 0 heterocycles. The van der Waals surface area contributed by atoms with E-state index in [-0.39, 0.29) is 0 Å². The minimum atomic E-state index is 0.388. The molecule has 0 aliphatic heterocycles. The summed E-state index contributed by atoms with van der Waals surface area (Å²) in [6, 6.07) is 62.1. The molecular formula is C66H54. The first kappa shape index (κ1) is 39.4. The van der Waals surface area contributed by atoms with Crippen LogP contribution in [-0.4, -0.2) is 0 Å². The Morgan fingerprint density at radius 3 is 0.985 bits per heavy atom. The average molecular weight is 847 g/mol. The van der Waals surface area contributed by atoms with E-state index in [0.717, 1.165) is 0 Å². The van der Waals surface area contributed by atoms with Crippen molar-refractivity contribution < 1.29 is 0 Å². The van der Waals surface area contributed by atoms with Crippen molar-refractivity contribution in [3.8, 4) is 44.5 Å². The third-order valence-electron chi connectivity index (χ3n) is 15.6. The van der Waals surface area contributed by atoms with Crippen molar-refractivity contribution in [1.82, 2.24) is 0 Å². The van der Waals surface area contributed by atoms with Gasteiger partial charge in [0.1, 0.15) is 0 Å². The van der Waals surface area contributed by atoms with Crippen LogP contribution in [0.5, 0.6) is 0 Å². The topological polar surface area (TPSA) is 0 Å². The highest BCUT2D eigenvalue weighted by atomic mass is 14.3. The maximum atomic E-state index is 2.62. The van der Waals surface area contributed by atoms with Crippen LogP contribution in [0.1, 0.15) is 101 Å². The Labute approximate surface area is 387 Å². The smallest absolute Gasteiger partial charge is 0.000763 e. The van der Waals surface area contributed by atoms with Crippen LogP contribution in [0.15, 0.2) is 158 Å². The maximum absolute atomic E-state index is 2.62. The quantitative estimate of drug-likeness (QED) is 0.116. The summed E-state index contributed by atoms with van der Waals surface area (Å²) in [5.41, 5.74) is 16.2. The van der Waals surface area contributed by atoms with Gasteiger partial charge in [-0.2, -0.15) is 0 Å². The van der Waals surface area contributed by atoms with E-state index in [0.29, 0.717) is 23.7 Å².